The summed E-state index contributed by atoms with van der Waals surface area (Å²) in [5.74, 6) is 0.970. The minimum Gasteiger partial charge on any atom is -0.496 e. The summed E-state index contributed by atoms with van der Waals surface area (Å²) in [6.07, 6.45) is 0.855. The monoisotopic (exact) mass is 359 g/mol. The van der Waals surface area contributed by atoms with E-state index in [1.165, 1.54) is 11.1 Å². The van der Waals surface area contributed by atoms with E-state index in [1.807, 2.05) is 0 Å². The van der Waals surface area contributed by atoms with Crippen LogP contribution in [-0.2, 0) is 15.9 Å². The number of hydrogen-bond donors (Lipinski definition) is 1. The van der Waals surface area contributed by atoms with Crippen LogP contribution in [0.3, 0.4) is 0 Å². The standard InChI is InChI=1S/C16H26BrNO3/c1-12-11-15(17)13(2)14(16(12)20-4)5-8-21-10-7-18-6-9-19-3/h11,18H,5-10H2,1-4H3. The zero-order valence-electron chi connectivity index (χ0n) is 13.4. The second kappa shape index (κ2) is 10.2. The molecule has 0 aliphatic carbocycles. The highest BCUT2D eigenvalue weighted by molar-refractivity contribution is 9.10. The SMILES string of the molecule is COCCNCCOCCc1c(C)c(Br)cc(C)c1OC. The van der Waals surface area contributed by atoms with Gasteiger partial charge in [0, 0.05) is 30.2 Å². The number of rotatable bonds is 10. The van der Waals surface area contributed by atoms with Gasteiger partial charge in [0.05, 0.1) is 26.9 Å². The maximum atomic E-state index is 5.68. The van der Waals surface area contributed by atoms with Gasteiger partial charge in [-0.1, -0.05) is 15.9 Å². The molecular formula is C16H26BrNO3. The molecule has 1 N–H and O–H groups in total. The highest BCUT2D eigenvalue weighted by Gasteiger charge is 2.12. The topological polar surface area (TPSA) is 39.7 Å². The first-order chi connectivity index (χ1) is 10.1. The molecule has 0 spiro atoms. The normalized spacial score (nSPS) is 10.9. The summed E-state index contributed by atoms with van der Waals surface area (Å²) in [6, 6.07) is 2.10. The maximum Gasteiger partial charge on any atom is 0.125 e. The van der Waals surface area contributed by atoms with E-state index >= 15 is 0 Å². The second-order valence-electron chi connectivity index (χ2n) is 4.92. The van der Waals surface area contributed by atoms with Crippen molar-refractivity contribution in [3.8, 4) is 5.75 Å². The van der Waals surface area contributed by atoms with Crippen molar-refractivity contribution >= 4 is 15.9 Å². The highest BCUT2D eigenvalue weighted by Crippen LogP contribution is 2.32. The van der Waals surface area contributed by atoms with Gasteiger partial charge in [-0.05, 0) is 37.5 Å². The maximum absolute atomic E-state index is 5.68. The number of benzene rings is 1. The molecule has 0 bridgehead atoms. The molecule has 21 heavy (non-hydrogen) atoms. The molecule has 0 radical (unpaired) electrons. The minimum absolute atomic E-state index is 0.694. The summed E-state index contributed by atoms with van der Waals surface area (Å²) in [6.45, 7) is 8.00. The summed E-state index contributed by atoms with van der Waals surface area (Å²) < 4.78 is 17.3. The Morgan fingerprint density at radius 1 is 1.10 bits per heavy atom. The second-order valence-corrected chi connectivity index (χ2v) is 5.77. The van der Waals surface area contributed by atoms with E-state index in [1.54, 1.807) is 14.2 Å². The van der Waals surface area contributed by atoms with E-state index in [2.05, 4.69) is 41.2 Å². The van der Waals surface area contributed by atoms with Crippen molar-refractivity contribution in [3.05, 3.63) is 27.2 Å². The molecule has 4 nitrogen and oxygen atoms in total. The van der Waals surface area contributed by atoms with Crippen molar-refractivity contribution in [2.24, 2.45) is 0 Å². The van der Waals surface area contributed by atoms with Crippen LogP contribution in [0.4, 0.5) is 0 Å². The summed E-state index contributed by atoms with van der Waals surface area (Å²) in [4.78, 5) is 0. The lowest BCUT2D eigenvalue weighted by molar-refractivity contribution is 0.134. The first-order valence-corrected chi connectivity index (χ1v) is 8.01. The van der Waals surface area contributed by atoms with E-state index in [0.717, 1.165) is 41.9 Å². The molecule has 0 fully saturated rings. The number of ether oxygens (including phenoxy) is 3. The van der Waals surface area contributed by atoms with E-state index < -0.39 is 0 Å². The predicted molar refractivity (Wildman–Crippen MR) is 89.4 cm³/mol. The van der Waals surface area contributed by atoms with Gasteiger partial charge in [-0.2, -0.15) is 0 Å². The Morgan fingerprint density at radius 3 is 2.48 bits per heavy atom. The van der Waals surface area contributed by atoms with Crippen molar-refractivity contribution in [2.75, 3.05) is 47.1 Å². The predicted octanol–water partition coefficient (Wildman–Crippen LogP) is 2.87. The molecule has 0 saturated carbocycles. The van der Waals surface area contributed by atoms with Gasteiger partial charge < -0.3 is 19.5 Å². The molecule has 5 heteroatoms. The lowest BCUT2D eigenvalue weighted by Crippen LogP contribution is -2.24. The molecule has 0 aliphatic heterocycles. The molecule has 0 aromatic heterocycles. The van der Waals surface area contributed by atoms with Gasteiger partial charge in [0.2, 0.25) is 0 Å². The molecule has 0 unspecified atom stereocenters. The van der Waals surface area contributed by atoms with Gasteiger partial charge in [-0.15, -0.1) is 0 Å². The average Bonchev–Trinajstić information content (AvgIpc) is 2.46. The van der Waals surface area contributed by atoms with Gasteiger partial charge in [0.1, 0.15) is 5.75 Å². The van der Waals surface area contributed by atoms with Crippen LogP contribution >= 0.6 is 15.9 Å². The Balaban J connectivity index is 2.41. The molecule has 1 aromatic carbocycles. The van der Waals surface area contributed by atoms with Crippen LogP contribution < -0.4 is 10.1 Å². The van der Waals surface area contributed by atoms with E-state index in [0.29, 0.717) is 13.2 Å². The molecule has 120 valence electrons. The number of methoxy groups -OCH3 is 2. The van der Waals surface area contributed by atoms with Crippen LogP contribution in [0, 0.1) is 13.8 Å². The number of halogens is 1. The van der Waals surface area contributed by atoms with Crippen molar-refractivity contribution in [3.63, 3.8) is 0 Å². The Hall–Kier alpha value is -0.620. The quantitative estimate of drug-likeness (QED) is 0.652. The first kappa shape index (κ1) is 18.4. The molecule has 0 saturated heterocycles. The van der Waals surface area contributed by atoms with Crippen molar-refractivity contribution < 1.29 is 14.2 Å². The fourth-order valence-electron chi connectivity index (χ4n) is 2.22. The molecule has 0 atom stereocenters. The van der Waals surface area contributed by atoms with Crippen LogP contribution in [0.1, 0.15) is 16.7 Å². The largest absolute Gasteiger partial charge is 0.496 e. The van der Waals surface area contributed by atoms with E-state index in [9.17, 15) is 0 Å². The molecule has 1 aromatic rings. The van der Waals surface area contributed by atoms with Crippen LogP contribution in [0.2, 0.25) is 0 Å². The summed E-state index contributed by atoms with van der Waals surface area (Å²) >= 11 is 3.60. The fraction of sp³-hybridized carbons (Fsp3) is 0.625. The van der Waals surface area contributed by atoms with Crippen molar-refractivity contribution in [2.45, 2.75) is 20.3 Å². The third-order valence-electron chi connectivity index (χ3n) is 3.39. The Morgan fingerprint density at radius 2 is 1.81 bits per heavy atom. The van der Waals surface area contributed by atoms with Crippen LogP contribution in [-0.4, -0.2) is 47.1 Å². The molecule has 1 rings (SSSR count). The number of hydrogen-bond acceptors (Lipinski definition) is 4. The first-order valence-electron chi connectivity index (χ1n) is 7.21. The number of nitrogens with one attached hydrogen (secondary N) is 1. The lowest BCUT2D eigenvalue weighted by Gasteiger charge is -2.16. The minimum atomic E-state index is 0.694. The van der Waals surface area contributed by atoms with Gasteiger partial charge in [-0.25, -0.2) is 0 Å². The molecule has 0 heterocycles. The number of aryl methyl sites for hydroxylation is 1. The Kier molecular flexibility index (Phi) is 8.92. The molecule has 0 aliphatic rings. The smallest absolute Gasteiger partial charge is 0.125 e. The van der Waals surface area contributed by atoms with Gasteiger partial charge in [-0.3, -0.25) is 0 Å². The summed E-state index contributed by atoms with van der Waals surface area (Å²) in [7, 11) is 3.42. The van der Waals surface area contributed by atoms with Gasteiger partial charge in [0.15, 0.2) is 0 Å². The Labute approximate surface area is 136 Å². The zero-order valence-corrected chi connectivity index (χ0v) is 15.0. The van der Waals surface area contributed by atoms with Crippen LogP contribution in [0.25, 0.3) is 0 Å². The lowest BCUT2D eigenvalue weighted by atomic mass is 10.0. The van der Waals surface area contributed by atoms with Crippen molar-refractivity contribution in [1.29, 1.82) is 0 Å². The third-order valence-corrected chi connectivity index (χ3v) is 4.22. The van der Waals surface area contributed by atoms with Crippen LogP contribution in [0.5, 0.6) is 5.75 Å². The molecular weight excluding hydrogens is 334 g/mol. The van der Waals surface area contributed by atoms with Gasteiger partial charge in [0.25, 0.3) is 0 Å². The highest BCUT2D eigenvalue weighted by atomic mass is 79.9. The Bertz CT molecular complexity index is 438. The van der Waals surface area contributed by atoms with E-state index in [4.69, 9.17) is 14.2 Å². The third kappa shape index (κ3) is 5.94. The molecule has 0 amide bonds. The van der Waals surface area contributed by atoms with Crippen molar-refractivity contribution in [1.82, 2.24) is 5.32 Å². The summed E-state index contributed by atoms with van der Waals surface area (Å²) in [5.41, 5.74) is 3.59. The fourth-order valence-corrected chi connectivity index (χ4v) is 2.80. The van der Waals surface area contributed by atoms with E-state index in [-0.39, 0.29) is 0 Å². The van der Waals surface area contributed by atoms with Crippen LogP contribution in [0.15, 0.2) is 10.5 Å². The average molecular weight is 360 g/mol. The summed E-state index contributed by atoms with van der Waals surface area (Å²) in [5, 5.41) is 3.25. The zero-order chi connectivity index (χ0) is 15.7. The van der Waals surface area contributed by atoms with Gasteiger partial charge >= 0.3 is 0 Å².